The standard InChI is InChI=1S/C74H60N6/c1-71(2)50-25-9-17-33-58(50)77(59-34-18-10-26-51(59)71)49-43-48(46-76)68(67(44-49)79-62-37-21-13-29-54(62)73(5,6)55-30-14-22-38-63(55)79)69-47(45-75)41-42-66(78-60-35-19-11-27-52(60)72(3,4)53-28-12-20-36-61(53)78)70(69)80-64-39-23-15-31-56(64)74(7,8)57-32-16-24-40-65(57)80/h9-44H,1-8H3. The summed E-state index contributed by atoms with van der Waals surface area (Å²) < 4.78 is 0. The molecular formula is C74H60N6. The lowest BCUT2D eigenvalue weighted by atomic mass is 9.72. The van der Waals surface area contributed by atoms with Gasteiger partial charge in [-0.25, -0.2) is 0 Å². The van der Waals surface area contributed by atoms with E-state index in [1.54, 1.807) is 0 Å². The highest BCUT2D eigenvalue weighted by Gasteiger charge is 2.45. The third-order valence-corrected chi connectivity index (χ3v) is 18.3. The maximum absolute atomic E-state index is 12.4. The summed E-state index contributed by atoms with van der Waals surface area (Å²) in [5, 5.41) is 24.4. The SMILES string of the molecule is CC1(C)c2ccccc2N(c2cc(C#N)c(-c3c(C#N)ccc(N4c5ccccc5C(C)(C)c5ccccc54)c3N3c4ccccc4C(C)(C)c4ccccc43)c(N3c4ccccc4C(C)(C)c4ccccc43)c2)c2ccccc21. The minimum Gasteiger partial charge on any atom is -0.310 e. The van der Waals surface area contributed by atoms with Gasteiger partial charge in [-0.05, 0) is 117 Å². The van der Waals surface area contributed by atoms with Crippen molar-refractivity contribution in [1.82, 2.24) is 0 Å². The maximum Gasteiger partial charge on any atom is 0.0999 e. The Morgan fingerprint density at radius 1 is 0.263 bits per heavy atom. The van der Waals surface area contributed by atoms with E-state index in [0.29, 0.717) is 22.3 Å². The van der Waals surface area contributed by atoms with Crippen LogP contribution in [0, 0.1) is 22.7 Å². The predicted molar refractivity (Wildman–Crippen MR) is 329 cm³/mol. The Labute approximate surface area is 470 Å². The zero-order valence-electron chi connectivity index (χ0n) is 46.5. The van der Waals surface area contributed by atoms with Crippen LogP contribution in [0.2, 0.25) is 0 Å². The summed E-state index contributed by atoms with van der Waals surface area (Å²) in [7, 11) is 0. The fourth-order valence-corrected chi connectivity index (χ4v) is 14.3. The summed E-state index contributed by atoms with van der Waals surface area (Å²) >= 11 is 0. The Hall–Kier alpha value is -9.62. The van der Waals surface area contributed by atoms with Gasteiger partial charge in [0.2, 0.25) is 0 Å². The molecule has 0 fully saturated rings. The van der Waals surface area contributed by atoms with E-state index in [4.69, 9.17) is 0 Å². The van der Waals surface area contributed by atoms with Gasteiger partial charge in [-0.15, -0.1) is 0 Å². The van der Waals surface area contributed by atoms with Crippen LogP contribution in [-0.4, -0.2) is 0 Å². The number of para-hydroxylation sites is 8. The van der Waals surface area contributed by atoms with Gasteiger partial charge in [0.25, 0.3) is 0 Å². The van der Waals surface area contributed by atoms with Crippen molar-refractivity contribution < 1.29 is 0 Å². The smallest absolute Gasteiger partial charge is 0.0999 e. The van der Waals surface area contributed by atoms with Crippen LogP contribution < -0.4 is 19.6 Å². The first-order valence-corrected chi connectivity index (χ1v) is 27.8. The molecule has 0 saturated carbocycles. The molecule has 0 saturated heterocycles. The van der Waals surface area contributed by atoms with Crippen molar-refractivity contribution in [2.45, 2.75) is 77.0 Å². The summed E-state index contributed by atoms with van der Waals surface area (Å²) in [5.74, 6) is 0. The van der Waals surface area contributed by atoms with Gasteiger partial charge in [-0.3, -0.25) is 0 Å². The molecule has 0 aliphatic carbocycles. The Bertz CT molecular complexity index is 4130. The monoisotopic (exact) mass is 1030 g/mol. The van der Waals surface area contributed by atoms with Crippen LogP contribution in [0.5, 0.6) is 0 Å². The van der Waals surface area contributed by atoms with Crippen molar-refractivity contribution in [3.63, 3.8) is 0 Å². The molecule has 6 nitrogen and oxygen atoms in total. The molecule has 0 atom stereocenters. The quantitative estimate of drug-likeness (QED) is 0.171. The lowest BCUT2D eigenvalue weighted by Crippen LogP contribution is -2.33. The summed E-state index contributed by atoms with van der Waals surface area (Å²) in [6.45, 7) is 18.5. The molecule has 0 unspecified atom stereocenters. The van der Waals surface area contributed by atoms with Gasteiger partial charge in [0.1, 0.15) is 0 Å². The van der Waals surface area contributed by atoms with Gasteiger partial charge in [0.15, 0.2) is 0 Å². The van der Waals surface area contributed by atoms with Crippen molar-refractivity contribution in [3.05, 3.63) is 274 Å². The van der Waals surface area contributed by atoms with E-state index in [2.05, 4.69) is 299 Å². The molecule has 10 aromatic rings. The van der Waals surface area contributed by atoms with Crippen molar-refractivity contribution in [2.75, 3.05) is 19.6 Å². The minimum atomic E-state index is -0.389. The summed E-state index contributed by atoms with van der Waals surface area (Å²) in [6, 6.07) is 83.9. The second-order valence-corrected chi connectivity index (χ2v) is 23.9. The lowest BCUT2D eigenvalue weighted by Gasteiger charge is -2.46. The Kier molecular flexibility index (Phi) is 10.6. The highest BCUT2D eigenvalue weighted by Crippen LogP contribution is 2.63. The summed E-state index contributed by atoms with van der Waals surface area (Å²) in [4.78, 5) is 9.55. The second-order valence-electron chi connectivity index (χ2n) is 23.9. The first-order chi connectivity index (χ1) is 38.7. The number of benzene rings is 10. The molecule has 14 rings (SSSR count). The van der Waals surface area contributed by atoms with Crippen LogP contribution in [0.3, 0.4) is 0 Å². The van der Waals surface area contributed by atoms with Gasteiger partial charge in [0, 0.05) is 38.5 Å². The first kappa shape index (κ1) is 48.7. The molecule has 0 aromatic heterocycles. The largest absolute Gasteiger partial charge is 0.310 e. The van der Waals surface area contributed by atoms with Crippen molar-refractivity contribution >= 4 is 68.2 Å². The van der Waals surface area contributed by atoms with Crippen LogP contribution in [0.25, 0.3) is 11.1 Å². The number of nitriles is 2. The van der Waals surface area contributed by atoms with Gasteiger partial charge in [-0.1, -0.05) is 201 Å². The van der Waals surface area contributed by atoms with Gasteiger partial charge >= 0.3 is 0 Å². The van der Waals surface area contributed by atoms with Crippen LogP contribution >= 0.6 is 0 Å². The number of hydrogen-bond donors (Lipinski definition) is 0. The minimum absolute atomic E-state index is 0.311. The summed E-state index contributed by atoms with van der Waals surface area (Å²) in [6.07, 6.45) is 0. The average molecular weight is 1030 g/mol. The lowest BCUT2D eigenvalue weighted by molar-refractivity contribution is 0.630. The van der Waals surface area contributed by atoms with Crippen molar-refractivity contribution in [1.29, 1.82) is 10.5 Å². The molecule has 0 radical (unpaired) electrons. The average Bonchev–Trinajstić information content (AvgIpc) is 3.65. The van der Waals surface area contributed by atoms with Crippen molar-refractivity contribution in [3.8, 4) is 23.3 Å². The van der Waals surface area contributed by atoms with Gasteiger partial charge in [0.05, 0.1) is 85.8 Å². The van der Waals surface area contributed by atoms with E-state index in [0.717, 1.165) is 90.5 Å². The Morgan fingerprint density at radius 3 is 0.850 bits per heavy atom. The molecule has 0 spiro atoms. The molecule has 4 aliphatic heterocycles. The zero-order chi connectivity index (χ0) is 55.0. The van der Waals surface area contributed by atoms with E-state index < -0.39 is 0 Å². The normalized spacial score (nSPS) is 16.0. The van der Waals surface area contributed by atoms with E-state index in [9.17, 15) is 10.5 Å². The highest BCUT2D eigenvalue weighted by molar-refractivity contribution is 6.09. The maximum atomic E-state index is 12.4. The topological polar surface area (TPSA) is 60.5 Å². The molecule has 6 heteroatoms. The molecular weight excluding hydrogens is 973 g/mol. The van der Waals surface area contributed by atoms with E-state index in [-0.39, 0.29) is 21.7 Å². The summed E-state index contributed by atoms with van der Waals surface area (Å²) in [5.41, 5.74) is 21.7. The fraction of sp³-hybridized carbons (Fsp3) is 0.162. The zero-order valence-corrected chi connectivity index (χ0v) is 46.5. The molecule has 0 amide bonds. The van der Waals surface area contributed by atoms with Crippen LogP contribution in [-0.2, 0) is 21.7 Å². The number of fused-ring (bicyclic) bond motifs is 8. The van der Waals surface area contributed by atoms with Crippen molar-refractivity contribution in [2.24, 2.45) is 0 Å². The third-order valence-electron chi connectivity index (χ3n) is 18.3. The number of anilines is 12. The predicted octanol–water partition coefficient (Wildman–Crippen LogP) is 19.5. The van der Waals surface area contributed by atoms with E-state index in [1.807, 2.05) is 6.07 Å². The van der Waals surface area contributed by atoms with Gasteiger partial charge in [-0.2, -0.15) is 10.5 Å². The number of hydrogen-bond acceptors (Lipinski definition) is 6. The Balaban J connectivity index is 1.18. The van der Waals surface area contributed by atoms with Crippen LogP contribution in [0.4, 0.5) is 68.2 Å². The van der Waals surface area contributed by atoms with Gasteiger partial charge < -0.3 is 19.6 Å². The van der Waals surface area contributed by atoms with E-state index >= 15 is 0 Å². The molecule has 10 aromatic carbocycles. The fourth-order valence-electron chi connectivity index (χ4n) is 14.3. The first-order valence-electron chi connectivity index (χ1n) is 27.8. The number of nitrogens with zero attached hydrogens (tertiary/aromatic N) is 6. The molecule has 4 heterocycles. The second kappa shape index (κ2) is 17.4. The van der Waals surface area contributed by atoms with E-state index in [1.165, 1.54) is 22.3 Å². The Morgan fingerprint density at radius 2 is 0.537 bits per heavy atom. The molecule has 4 aliphatic rings. The van der Waals surface area contributed by atoms with Crippen LogP contribution in [0.15, 0.2) is 218 Å². The third kappa shape index (κ3) is 6.69. The molecule has 0 N–H and O–H groups in total. The molecule has 0 bridgehead atoms. The highest BCUT2D eigenvalue weighted by atomic mass is 15.2. The number of rotatable bonds is 5. The molecule has 386 valence electrons. The van der Waals surface area contributed by atoms with Crippen LogP contribution in [0.1, 0.15) is 111 Å². The molecule has 80 heavy (non-hydrogen) atoms.